The minimum Gasteiger partial charge on any atom is -0.493 e. The van der Waals surface area contributed by atoms with E-state index in [0.717, 1.165) is 5.56 Å². The Morgan fingerprint density at radius 1 is 0.893 bits per heavy atom. The molecule has 1 N–H and O–H groups in total. The summed E-state index contributed by atoms with van der Waals surface area (Å²) >= 11 is 0. The average Bonchev–Trinajstić information content (AvgIpc) is 2.72. The van der Waals surface area contributed by atoms with Crippen molar-refractivity contribution in [3.05, 3.63) is 83.4 Å². The molecule has 0 aliphatic carbocycles. The number of aryl methyl sites for hydroxylation is 1. The van der Waals surface area contributed by atoms with Gasteiger partial charge in [0.25, 0.3) is 5.91 Å². The van der Waals surface area contributed by atoms with Crippen molar-refractivity contribution in [2.45, 2.75) is 13.5 Å². The molecule has 5 heteroatoms. The van der Waals surface area contributed by atoms with Gasteiger partial charge in [0, 0.05) is 17.3 Å². The highest BCUT2D eigenvalue weighted by Gasteiger charge is 2.10. The van der Waals surface area contributed by atoms with Crippen LogP contribution in [0.2, 0.25) is 0 Å². The Bertz CT molecular complexity index is 968. The Hall–Kier alpha value is -3.47. The Kier molecular flexibility index (Phi) is 6.17. The SMILES string of the molecule is COc1ccc(NC(=O)c2cccc(OCc3cccc(C)c3)c2)cc1OC. The summed E-state index contributed by atoms with van der Waals surface area (Å²) in [6, 6.07) is 20.5. The van der Waals surface area contributed by atoms with Gasteiger partial charge in [0.15, 0.2) is 11.5 Å². The second kappa shape index (κ2) is 8.95. The first-order valence-corrected chi connectivity index (χ1v) is 8.91. The molecule has 144 valence electrons. The molecule has 0 fully saturated rings. The second-order valence-corrected chi connectivity index (χ2v) is 6.33. The van der Waals surface area contributed by atoms with Gasteiger partial charge in [-0.25, -0.2) is 0 Å². The van der Waals surface area contributed by atoms with Crippen molar-refractivity contribution >= 4 is 11.6 Å². The van der Waals surface area contributed by atoms with E-state index < -0.39 is 0 Å². The molecule has 0 radical (unpaired) electrons. The van der Waals surface area contributed by atoms with E-state index >= 15 is 0 Å². The van der Waals surface area contributed by atoms with Crippen LogP contribution in [0.4, 0.5) is 5.69 Å². The van der Waals surface area contributed by atoms with Crippen molar-refractivity contribution in [1.82, 2.24) is 0 Å². The minimum absolute atomic E-state index is 0.228. The third kappa shape index (κ3) is 4.82. The van der Waals surface area contributed by atoms with Gasteiger partial charge in [-0.2, -0.15) is 0 Å². The molecule has 3 aromatic carbocycles. The normalized spacial score (nSPS) is 10.2. The Labute approximate surface area is 164 Å². The van der Waals surface area contributed by atoms with Crippen molar-refractivity contribution in [1.29, 1.82) is 0 Å². The highest BCUT2D eigenvalue weighted by atomic mass is 16.5. The monoisotopic (exact) mass is 377 g/mol. The lowest BCUT2D eigenvalue weighted by atomic mass is 10.1. The Morgan fingerprint density at radius 3 is 2.43 bits per heavy atom. The molecular formula is C23H23NO4. The van der Waals surface area contributed by atoms with E-state index in [1.807, 2.05) is 31.2 Å². The summed E-state index contributed by atoms with van der Waals surface area (Å²) in [7, 11) is 3.12. The highest BCUT2D eigenvalue weighted by molar-refractivity contribution is 6.04. The molecule has 0 heterocycles. The Morgan fingerprint density at radius 2 is 1.68 bits per heavy atom. The van der Waals surface area contributed by atoms with Crippen molar-refractivity contribution in [3.8, 4) is 17.2 Å². The van der Waals surface area contributed by atoms with Crippen LogP contribution in [0.1, 0.15) is 21.5 Å². The van der Waals surface area contributed by atoms with Gasteiger partial charge in [0.1, 0.15) is 12.4 Å². The number of nitrogens with one attached hydrogen (secondary N) is 1. The van der Waals surface area contributed by atoms with Gasteiger partial charge < -0.3 is 19.5 Å². The van der Waals surface area contributed by atoms with E-state index in [4.69, 9.17) is 14.2 Å². The zero-order valence-corrected chi connectivity index (χ0v) is 16.2. The topological polar surface area (TPSA) is 56.8 Å². The maximum atomic E-state index is 12.6. The van der Waals surface area contributed by atoms with Crippen molar-refractivity contribution in [2.24, 2.45) is 0 Å². The van der Waals surface area contributed by atoms with Crippen molar-refractivity contribution < 1.29 is 19.0 Å². The van der Waals surface area contributed by atoms with E-state index in [1.165, 1.54) is 5.56 Å². The zero-order valence-electron chi connectivity index (χ0n) is 16.2. The van der Waals surface area contributed by atoms with E-state index in [-0.39, 0.29) is 5.91 Å². The highest BCUT2D eigenvalue weighted by Crippen LogP contribution is 2.30. The fourth-order valence-corrected chi connectivity index (χ4v) is 2.81. The molecule has 0 unspecified atom stereocenters. The van der Waals surface area contributed by atoms with E-state index in [1.54, 1.807) is 50.6 Å². The van der Waals surface area contributed by atoms with E-state index in [9.17, 15) is 4.79 Å². The molecule has 0 bridgehead atoms. The fourth-order valence-electron chi connectivity index (χ4n) is 2.81. The smallest absolute Gasteiger partial charge is 0.255 e. The number of carbonyl (C=O) groups is 1. The standard InChI is InChI=1S/C23H23NO4/c1-16-6-4-7-17(12-16)15-28-20-9-5-8-18(13-20)23(25)24-19-10-11-21(26-2)22(14-19)27-3/h4-14H,15H2,1-3H3,(H,24,25). The van der Waals surface area contributed by atoms with Gasteiger partial charge in [-0.05, 0) is 42.8 Å². The van der Waals surface area contributed by atoms with Gasteiger partial charge in [-0.1, -0.05) is 35.9 Å². The molecule has 3 rings (SSSR count). The maximum absolute atomic E-state index is 12.6. The Balaban J connectivity index is 1.68. The number of anilines is 1. The van der Waals surface area contributed by atoms with Gasteiger partial charge in [-0.15, -0.1) is 0 Å². The predicted molar refractivity (Wildman–Crippen MR) is 109 cm³/mol. The third-order valence-electron chi connectivity index (χ3n) is 4.23. The van der Waals surface area contributed by atoms with Gasteiger partial charge in [0.2, 0.25) is 0 Å². The van der Waals surface area contributed by atoms with Crippen LogP contribution in [0.3, 0.4) is 0 Å². The lowest BCUT2D eigenvalue weighted by Crippen LogP contribution is -2.12. The summed E-state index contributed by atoms with van der Waals surface area (Å²) in [6.07, 6.45) is 0. The summed E-state index contributed by atoms with van der Waals surface area (Å²) in [6.45, 7) is 2.49. The van der Waals surface area contributed by atoms with Gasteiger partial charge in [0.05, 0.1) is 14.2 Å². The number of carbonyl (C=O) groups excluding carboxylic acids is 1. The molecular weight excluding hydrogens is 354 g/mol. The summed E-state index contributed by atoms with van der Waals surface area (Å²) in [5.41, 5.74) is 3.40. The summed E-state index contributed by atoms with van der Waals surface area (Å²) in [5.74, 6) is 1.57. The first kappa shape index (κ1) is 19.3. The molecule has 0 spiro atoms. The molecule has 0 aliphatic rings. The number of ether oxygens (including phenoxy) is 3. The molecule has 1 amide bonds. The molecule has 0 atom stereocenters. The zero-order chi connectivity index (χ0) is 19.9. The number of rotatable bonds is 7. The van der Waals surface area contributed by atoms with Crippen LogP contribution in [0.5, 0.6) is 17.2 Å². The third-order valence-corrected chi connectivity index (χ3v) is 4.23. The van der Waals surface area contributed by atoms with Crippen LogP contribution in [0, 0.1) is 6.92 Å². The van der Waals surface area contributed by atoms with Crippen LogP contribution in [-0.2, 0) is 6.61 Å². The summed E-state index contributed by atoms with van der Waals surface area (Å²) in [5, 5.41) is 2.86. The van der Waals surface area contributed by atoms with Crippen LogP contribution in [-0.4, -0.2) is 20.1 Å². The van der Waals surface area contributed by atoms with Crippen LogP contribution in [0.15, 0.2) is 66.7 Å². The number of amides is 1. The molecule has 5 nitrogen and oxygen atoms in total. The van der Waals surface area contributed by atoms with Crippen LogP contribution < -0.4 is 19.5 Å². The molecule has 0 aromatic heterocycles. The second-order valence-electron chi connectivity index (χ2n) is 6.33. The largest absolute Gasteiger partial charge is 0.493 e. The quantitative estimate of drug-likeness (QED) is 0.640. The summed E-state index contributed by atoms with van der Waals surface area (Å²) < 4.78 is 16.3. The average molecular weight is 377 g/mol. The number of methoxy groups -OCH3 is 2. The molecule has 0 saturated heterocycles. The lowest BCUT2D eigenvalue weighted by Gasteiger charge is -2.11. The maximum Gasteiger partial charge on any atom is 0.255 e. The first-order valence-electron chi connectivity index (χ1n) is 8.91. The molecule has 0 saturated carbocycles. The van der Waals surface area contributed by atoms with E-state index in [2.05, 4.69) is 11.4 Å². The van der Waals surface area contributed by atoms with Gasteiger partial charge in [-0.3, -0.25) is 4.79 Å². The number of hydrogen-bond acceptors (Lipinski definition) is 4. The lowest BCUT2D eigenvalue weighted by molar-refractivity contribution is 0.102. The minimum atomic E-state index is -0.228. The van der Waals surface area contributed by atoms with Crippen molar-refractivity contribution in [2.75, 3.05) is 19.5 Å². The van der Waals surface area contributed by atoms with Crippen LogP contribution >= 0.6 is 0 Å². The first-order chi connectivity index (χ1) is 13.6. The van der Waals surface area contributed by atoms with E-state index in [0.29, 0.717) is 35.1 Å². The fraction of sp³-hybridized carbons (Fsp3) is 0.174. The number of hydrogen-bond donors (Lipinski definition) is 1. The summed E-state index contributed by atoms with van der Waals surface area (Å²) in [4.78, 5) is 12.6. The number of benzene rings is 3. The molecule has 3 aromatic rings. The van der Waals surface area contributed by atoms with Crippen molar-refractivity contribution in [3.63, 3.8) is 0 Å². The molecule has 0 aliphatic heterocycles. The van der Waals surface area contributed by atoms with Crippen LogP contribution in [0.25, 0.3) is 0 Å². The predicted octanol–water partition coefficient (Wildman–Crippen LogP) is 4.84. The molecule has 28 heavy (non-hydrogen) atoms. The van der Waals surface area contributed by atoms with Gasteiger partial charge >= 0.3 is 0 Å².